The van der Waals surface area contributed by atoms with E-state index in [1.807, 2.05) is 12.1 Å². The van der Waals surface area contributed by atoms with Crippen LogP contribution in [0.3, 0.4) is 0 Å². The number of benzene rings is 2. The van der Waals surface area contributed by atoms with E-state index in [0.29, 0.717) is 34.7 Å². The number of hydrogen-bond donors (Lipinski definition) is 2. The van der Waals surface area contributed by atoms with Crippen LogP contribution < -0.4 is 15.4 Å². The summed E-state index contributed by atoms with van der Waals surface area (Å²) in [5.74, 6) is 0.267. The Labute approximate surface area is 133 Å². The second kappa shape index (κ2) is 7.81. The molecule has 3 nitrogen and oxygen atoms in total. The molecule has 2 aromatic rings. The van der Waals surface area contributed by atoms with Crippen molar-refractivity contribution in [2.24, 2.45) is 0 Å². The van der Waals surface area contributed by atoms with Gasteiger partial charge in [-0.25, -0.2) is 4.39 Å². The minimum Gasteiger partial charge on any atom is -0.490 e. The Morgan fingerprint density at radius 2 is 1.86 bits per heavy atom. The summed E-state index contributed by atoms with van der Waals surface area (Å²) < 4.78 is 18.9. The average molecular weight is 325 g/mol. The summed E-state index contributed by atoms with van der Waals surface area (Å²) >= 11 is 11.0. The third-order valence-electron chi connectivity index (χ3n) is 2.60. The molecule has 0 aliphatic carbocycles. The molecule has 0 amide bonds. The molecule has 0 bridgehead atoms. The summed E-state index contributed by atoms with van der Waals surface area (Å²) in [6.07, 6.45) is 0. The Morgan fingerprint density at radius 1 is 1.14 bits per heavy atom. The number of nitrogens with one attached hydrogen (secondary N) is 2. The quantitative estimate of drug-likeness (QED) is 0.646. The fourth-order valence-corrected chi connectivity index (χ4v) is 2.02. The molecule has 0 saturated carbocycles. The molecule has 0 heterocycles. The van der Waals surface area contributed by atoms with Gasteiger partial charge in [0.1, 0.15) is 18.2 Å². The normalized spacial score (nSPS) is 10.0. The van der Waals surface area contributed by atoms with Gasteiger partial charge in [0.25, 0.3) is 0 Å². The van der Waals surface area contributed by atoms with Crippen molar-refractivity contribution in [1.29, 1.82) is 0 Å². The van der Waals surface area contributed by atoms with Crippen LogP contribution in [0, 0.1) is 5.82 Å². The average Bonchev–Trinajstić information content (AvgIpc) is 2.48. The highest BCUT2D eigenvalue weighted by molar-refractivity contribution is 7.80. The standard InChI is InChI=1S/C15H14ClFN2OS/c16-11-5-1-4-8-14(11)20-10-9-18-15(21)19-13-7-3-2-6-12(13)17/h1-8H,9-10H2,(H2,18,19,21). The first-order chi connectivity index (χ1) is 10.2. The van der Waals surface area contributed by atoms with E-state index >= 15 is 0 Å². The highest BCUT2D eigenvalue weighted by Gasteiger charge is 2.03. The van der Waals surface area contributed by atoms with Crippen LogP contribution in [-0.4, -0.2) is 18.3 Å². The molecule has 21 heavy (non-hydrogen) atoms. The molecular formula is C15H14ClFN2OS. The fraction of sp³-hybridized carbons (Fsp3) is 0.133. The summed E-state index contributed by atoms with van der Waals surface area (Å²) in [7, 11) is 0. The first kappa shape index (κ1) is 15.5. The Morgan fingerprint density at radius 3 is 2.62 bits per heavy atom. The predicted octanol–water partition coefficient (Wildman–Crippen LogP) is 3.84. The molecule has 0 saturated heterocycles. The monoisotopic (exact) mass is 324 g/mol. The van der Waals surface area contributed by atoms with Crippen molar-refractivity contribution in [2.45, 2.75) is 0 Å². The minimum atomic E-state index is -0.353. The van der Waals surface area contributed by atoms with Crippen molar-refractivity contribution in [2.75, 3.05) is 18.5 Å². The Bertz CT molecular complexity index is 624. The van der Waals surface area contributed by atoms with Gasteiger partial charge in [-0.1, -0.05) is 35.9 Å². The second-order valence-electron chi connectivity index (χ2n) is 4.14. The van der Waals surface area contributed by atoms with Gasteiger partial charge in [-0.2, -0.15) is 0 Å². The zero-order valence-electron chi connectivity index (χ0n) is 11.1. The zero-order chi connectivity index (χ0) is 15.1. The fourth-order valence-electron chi connectivity index (χ4n) is 1.62. The Kier molecular flexibility index (Phi) is 5.78. The SMILES string of the molecule is Fc1ccccc1NC(=S)NCCOc1ccccc1Cl. The third-order valence-corrected chi connectivity index (χ3v) is 3.16. The Hall–Kier alpha value is -1.85. The number of para-hydroxylation sites is 2. The van der Waals surface area contributed by atoms with Crippen LogP contribution in [0.25, 0.3) is 0 Å². The summed E-state index contributed by atoms with van der Waals surface area (Å²) in [6.45, 7) is 0.869. The van der Waals surface area contributed by atoms with E-state index < -0.39 is 0 Å². The zero-order valence-corrected chi connectivity index (χ0v) is 12.7. The van der Waals surface area contributed by atoms with E-state index in [-0.39, 0.29) is 5.82 Å². The van der Waals surface area contributed by atoms with Gasteiger partial charge in [0, 0.05) is 0 Å². The van der Waals surface area contributed by atoms with Gasteiger partial charge in [-0.05, 0) is 36.5 Å². The molecule has 0 aliphatic rings. The maximum Gasteiger partial charge on any atom is 0.170 e. The van der Waals surface area contributed by atoms with Gasteiger partial charge >= 0.3 is 0 Å². The number of thiocarbonyl (C=S) groups is 1. The third kappa shape index (κ3) is 4.88. The van der Waals surface area contributed by atoms with Gasteiger partial charge < -0.3 is 15.4 Å². The molecule has 0 unspecified atom stereocenters. The van der Waals surface area contributed by atoms with Crippen LogP contribution in [0.15, 0.2) is 48.5 Å². The van der Waals surface area contributed by atoms with E-state index in [1.54, 1.807) is 30.3 Å². The van der Waals surface area contributed by atoms with Gasteiger partial charge in [-0.15, -0.1) is 0 Å². The largest absolute Gasteiger partial charge is 0.490 e. The van der Waals surface area contributed by atoms with Crippen LogP contribution in [0.5, 0.6) is 5.75 Å². The minimum absolute atomic E-state index is 0.335. The lowest BCUT2D eigenvalue weighted by Crippen LogP contribution is -2.32. The van der Waals surface area contributed by atoms with E-state index in [9.17, 15) is 4.39 Å². The highest BCUT2D eigenvalue weighted by Crippen LogP contribution is 2.22. The van der Waals surface area contributed by atoms with Crippen molar-refractivity contribution in [3.8, 4) is 5.75 Å². The molecule has 2 N–H and O–H groups in total. The van der Waals surface area contributed by atoms with Crippen molar-refractivity contribution in [3.05, 3.63) is 59.4 Å². The van der Waals surface area contributed by atoms with Crippen molar-refractivity contribution >= 4 is 34.6 Å². The molecule has 0 radical (unpaired) electrons. The van der Waals surface area contributed by atoms with Crippen LogP contribution in [0.1, 0.15) is 0 Å². The molecule has 2 aromatic carbocycles. The maximum absolute atomic E-state index is 13.4. The molecule has 0 aromatic heterocycles. The first-order valence-electron chi connectivity index (χ1n) is 6.33. The molecule has 0 atom stereocenters. The number of halogens is 2. The second-order valence-corrected chi connectivity index (χ2v) is 4.96. The number of rotatable bonds is 5. The van der Waals surface area contributed by atoms with E-state index in [1.165, 1.54) is 6.07 Å². The summed E-state index contributed by atoms with van der Waals surface area (Å²) in [4.78, 5) is 0. The van der Waals surface area contributed by atoms with Gasteiger partial charge in [0.15, 0.2) is 5.11 Å². The summed E-state index contributed by atoms with van der Waals surface area (Å²) in [5.41, 5.74) is 0.335. The predicted molar refractivity (Wildman–Crippen MR) is 87.6 cm³/mol. The lowest BCUT2D eigenvalue weighted by atomic mass is 10.3. The number of hydrogen-bond acceptors (Lipinski definition) is 2. The molecular weight excluding hydrogens is 311 g/mol. The van der Waals surface area contributed by atoms with Crippen molar-refractivity contribution < 1.29 is 9.13 Å². The van der Waals surface area contributed by atoms with Crippen LogP contribution in [0.4, 0.5) is 10.1 Å². The summed E-state index contributed by atoms with van der Waals surface area (Å²) in [5, 5.41) is 6.61. The van der Waals surface area contributed by atoms with Crippen molar-refractivity contribution in [1.82, 2.24) is 5.32 Å². The molecule has 0 aliphatic heterocycles. The van der Waals surface area contributed by atoms with E-state index in [0.717, 1.165) is 0 Å². The van der Waals surface area contributed by atoms with Gasteiger partial charge in [0.05, 0.1) is 17.3 Å². The van der Waals surface area contributed by atoms with Crippen LogP contribution in [0.2, 0.25) is 5.02 Å². The first-order valence-corrected chi connectivity index (χ1v) is 7.12. The lowest BCUT2D eigenvalue weighted by Gasteiger charge is -2.12. The highest BCUT2D eigenvalue weighted by atomic mass is 35.5. The van der Waals surface area contributed by atoms with Gasteiger partial charge in [0.2, 0.25) is 0 Å². The smallest absolute Gasteiger partial charge is 0.170 e. The lowest BCUT2D eigenvalue weighted by molar-refractivity contribution is 0.323. The maximum atomic E-state index is 13.4. The topological polar surface area (TPSA) is 33.3 Å². The van der Waals surface area contributed by atoms with Crippen molar-refractivity contribution in [3.63, 3.8) is 0 Å². The Balaban J connectivity index is 1.73. The molecule has 2 rings (SSSR count). The number of anilines is 1. The summed E-state index contributed by atoms with van der Waals surface area (Å²) in [6, 6.07) is 13.6. The molecule has 6 heteroatoms. The van der Waals surface area contributed by atoms with Crippen LogP contribution in [-0.2, 0) is 0 Å². The van der Waals surface area contributed by atoms with E-state index in [4.69, 9.17) is 28.6 Å². The van der Waals surface area contributed by atoms with Gasteiger partial charge in [-0.3, -0.25) is 0 Å². The van der Waals surface area contributed by atoms with Crippen LogP contribution >= 0.6 is 23.8 Å². The molecule has 0 spiro atoms. The number of ether oxygens (including phenoxy) is 1. The van der Waals surface area contributed by atoms with E-state index in [2.05, 4.69) is 10.6 Å². The molecule has 110 valence electrons. The molecule has 0 fully saturated rings.